The van der Waals surface area contributed by atoms with Crippen molar-refractivity contribution < 1.29 is 139 Å². The molecule has 4 rings (SSSR count). The molecule has 0 atom stereocenters. The van der Waals surface area contributed by atoms with Crippen LogP contribution in [0.5, 0.6) is 23.0 Å². The predicted octanol–water partition coefficient (Wildman–Crippen LogP) is 13.2. The van der Waals surface area contributed by atoms with E-state index in [1.54, 1.807) is 12.2 Å². The molecule has 0 spiro atoms. The van der Waals surface area contributed by atoms with Gasteiger partial charge in [-0.25, -0.2) is 9.59 Å². The minimum absolute atomic E-state index is 0. The summed E-state index contributed by atoms with van der Waals surface area (Å²) in [5.74, 6) is -9.61. The molecule has 22 nitrogen and oxygen atoms in total. The molecule has 0 heterocycles. The number of ether oxygens (including phenoxy) is 6. The molecule has 4 aromatic rings. The van der Waals surface area contributed by atoms with E-state index in [-0.39, 0.29) is 62.1 Å². The van der Waals surface area contributed by atoms with Crippen molar-refractivity contribution in [1.29, 1.82) is 10.8 Å². The second-order valence-electron chi connectivity index (χ2n) is 17.7. The van der Waals surface area contributed by atoms with E-state index >= 15 is 0 Å². The molecule has 2 amide bonds. The zero-order chi connectivity index (χ0) is 76.7. The maximum atomic E-state index is 12.8. The van der Waals surface area contributed by atoms with Crippen LogP contribution >= 0.6 is 11.6 Å². The van der Waals surface area contributed by atoms with Crippen molar-refractivity contribution in [3.8, 4) is 23.0 Å². The van der Waals surface area contributed by atoms with Gasteiger partial charge in [-0.15, -0.1) is 0 Å². The van der Waals surface area contributed by atoms with Gasteiger partial charge >= 0.3 is 130 Å². The van der Waals surface area contributed by atoms with Crippen LogP contribution < -0.4 is 29.6 Å². The third kappa shape index (κ3) is 45.7. The topological polar surface area (TPSA) is 338 Å². The summed E-state index contributed by atoms with van der Waals surface area (Å²) in [5, 5.41) is 33.9. The van der Waals surface area contributed by atoms with E-state index in [4.69, 9.17) is 42.1 Å². The molecule has 0 aliphatic heterocycles. The minimum atomic E-state index is -4.64. The number of carbonyl (C=O) groups excluding carboxylic acids is 9. The average molecular weight is 1500 g/mol. The van der Waals surface area contributed by atoms with E-state index in [0.717, 1.165) is 84.0 Å². The van der Waals surface area contributed by atoms with Gasteiger partial charge in [0.1, 0.15) is 34.1 Å². The molecule has 4 N–H and O–H groups in total. The summed E-state index contributed by atoms with van der Waals surface area (Å²) in [6.07, 6.45) is -8.33. The van der Waals surface area contributed by atoms with E-state index in [1.165, 1.54) is 63.2 Å². The quantitative estimate of drug-likeness (QED) is 0.00880. The number of hydrogen-bond acceptors (Lipinski definition) is 19. The van der Waals surface area contributed by atoms with Gasteiger partial charge < -0.3 is 49.3 Å². The zero-order valence-electron chi connectivity index (χ0n) is 54.5. The first-order valence-corrected chi connectivity index (χ1v) is 44.9. The van der Waals surface area contributed by atoms with Gasteiger partial charge in [-0.3, -0.25) is 38.4 Å². The molecular weight excluding hydrogens is 1430 g/mol. The average Bonchev–Trinajstić information content (AvgIpc) is 0.855. The van der Waals surface area contributed by atoms with Crippen molar-refractivity contribution in [2.24, 2.45) is 0 Å². The molecule has 0 aliphatic carbocycles. The Bertz CT molecular complexity index is 3310. The molecule has 37 heteroatoms. The van der Waals surface area contributed by atoms with E-state index in [1.807, 2.05) is 39.8 Å². The fourth-order valence-electron chi connectivity index (χ4n) is 6.26. The van der Waals surface area contributed by atoms with Crippen LogP contribution in [0.15, 0.2) is 97.1 Å². The number of alkyl halides is 12. The number of carboxylic acids is 1. The molecule has 0 radical (unpaired) electrons. The summed E-state index contributed by atoms with van der Waals surface area (Å²) in [5.41, 5.74) is -5.31. The number of nitrogens with zero attached hydrogens (tertiary/aromatic N) is 2. The Labute approximate surface area is 611 Å². The molecule has 0 saturated carbocycles. The number of halogens is 13. The van der Waals surface area contributed by atoms with Crippen molar-refractivity contribution in [3.63, 3.8) is 0 Å². The number of rotatable bonds is 21. The summed E-state index contributed by atoms with van der Waals surface area (Å²) in [4.78, 5) is 111. The standard InChI is InChI=1S/C19H22F3NO5.C13H14F3NO4.C11H9F3O4.C10H7F3O4.C6H9ClO.C2H6.CH4.2K.N2/c1-3-4-5-7-17(25)27-11-6-10-23-18(26)15-9-8-14(19(20,21)22)12-16(15)28-13(2)24;1-8(19)21-11-7-9(13(14,15)16)3-4-10(11)12(20)17-5-2-6-18;1-6(15)18-9-5-7(11(12,13)14)3-4-8(9)10(16)17-2;1-5(14)17-8-4-6(10(11,12)13)2-3-7(8)9(15)16;1-2-3-4-5-6(7)8;1-2;;;;1-2/h4-5,8-9,12H,3,6-7,10-11H2,1-2H3,(H,23,26);3-4,7,18H,2,5-6H2,1H3,(H,17,20);3-5H,1-2H3;2-4H,1H3,(H,15,16);3-4H,2,5H2,1H3;1-2H3;1H4;;;/b5-4-;;;;4-3-;;;;;. The molecule has 0 bridgehead atoms. The second kappa shape index (κ2) is 54.2. The van der Waals surface area contributed by atoms with Crippen molar-refractivity contribution in [2.45, 2.75) is 126 Å². The molecule has 99 heavy (non-hydrogen) atoms. The molecule has 4 aromatic carbocycles. The Morgan fingerprint density at radius 3 is 1.08 bits per heavy atom. The van der Waals surface area contributed by atoms with Crippen LogP contribution in [-0.2, 0) is 62.9 Å². The van der Waals surface area contributed by atoms with Gasteiger partial charge in [0.15, 0.2) is 0 Å². The van der Waals surface area contributed by atoms with Gasteiger partial charge in [0.05, 0.1) is 53.5 Å². The fraction of sp³-hybridized carbons (Fsp3) is 0.387. The van der Waals surface area contributed by atoms with Gasteiger partial charge in [0.2, 0.25) is 5.24 Å². The molecule has 0 aliphatic rings. The molecule has 0 fully saturated rings. The van der Waals surface area contributed by atoms with Gasteiger partial charge in [0.25, 0.3) is 11.8 Å². The third-order valence-electron chi connectivity index (χ3n) is 10.2. The number of allylic oxidation sites excluding steroid dienone is 3. The Balaban J connectivity index is -0.000000376. The van der Waals surface area contributed by atoms with E-state index in [2.05, 4.69) is 29.6 Å². The number of carboxylic acid groups (broad SMARTS) is 1. The summed E-state index contributed by atoms with van der Waals surface area (Å²) in [6, 6.07) is 8.54. The number of hydrogen-bond donors (Lipinski definition) is 4. The number of amides is 2. The van der Waals surface area contributed by atoms with E-state index < -0.39 is 129 Å². The Morgan fingerprint density at radius 1 is 0.505 bits per heavy atom. The number of carbonyl (C=O) groups is 10. The van der Waals surface area contributed by atoms with Crippen LogP contribution in [0.3, 0.4) is 0 Å². The zero-order valence-corrected chi connectivity index (χ0v) is 61.5. The first-order chi connectivity index (χ1) is 45.6. The maximum absolute atomic E-state index is 12.8. The summed E-state index contributed by atoms with van der Waals surface area (Å²) < 4.78 is 178. The first kappa shape index (κ1) is 101. The van der Waals surface area contributed by atoms with E-state index in [0.29, 0.717) is 55.7 Å². The Morgan fingerprint density at radius 2 is 0.798 bits per heavy atom. The molecule has 0 aromatic heterocycles. The third-order valence-corrected chi connectivity index (χ3v) is 10.4. The van der Waals surface area contributed by atoms with Crippen LogP contribution in [0.25, 0.3) is 0 Å². The molecule has 540 valence electrons. The van der Waals surface area contributed by atoms with Gasteiger partial charge in [0, 0.05) is 64.6 Å². The summed E-state index contributed by atoms with van der Waals surface area (Å²) >= 11 is 7.52. The van der Waals surface area contributed by atoms with Gasteiger partial charge in [-0.1, -0.05) is 59.4 Å². The van der Waals surface area contributed by atoms with Crippen LogP contribution in [0.1, 0.15) is 165 Å². The van der Waals surface area contributed by atoms with Crippen LogP contribution in [0, 0.1) is 10.8 Å². The van der Waals surface area contributed by atoms with Crippen LogP contribution in [0.2, 0.25) is 0 Å². The molecule has 0 unspecified atom stereocenters. The van der Waals surface area contributed by atoms with Crippen molar-refractivity contribution >= 4 is 134 Å². The van der Waals surface area contributed by atoms with Gasteiger partial charge in [-0.2, -0.15) is 52.7 Å². The van der Waals surface area contributed by atoms with Crippen LogP contribution in [0.4, 0.5) is 52.7 Å². The first-order valence-electron chi connectivity index (χ1n) is 28.6. The number of aromatic carboxylic acids is 1. The summed E-state index contributed by atoms with van der Waals surface area (Å²) in [6.45, 7) is 12.2. The van der Waals surface area contributed by atoms with Gasteiger partial charge in [-0.05, 0) is 110 Å². The van der Waals surface area contributed by atoms with Crippen molar-refractivity contribution in [2.75, 3.05) is 33.4 Å². The van der Waals surface area contributed by atoms with E-state index in [9.17, 15) is 101 Å². The monoisotopic (exact) mass is 1500 g/mol. The fourth-order valence-corrected chi connectivity index (χ4v) is 6.35. The predicted molar refractivity (Wildman–Crippen MR) is 333 cm³/mol. The Kier molecular flexibility index (Phi) is 55.3. The molecule has 0 saturated heterocycles. The second-order valence-corrected chi connectivity index (χ2v) is 18.1. The number of esters is 6. The van der Waals surface area contributed by atoms with Crippen molar-refractivity contribution in [3.05, 3.63) is 142 Å². The number of aliphatic hydroxyl groups is 1. The van der Waals surface area contributed by atoms with Crippen LogP contribution in [-0.4, -0.2) is 166 Å². The number of nitrogens with one attached hydrogen (secondary N) is 2. The molecular formula is C62H71ClF12K2N4O18. The number of benzene rings is 4. The summed E-state index contributed by atoms with van der Waals surface area (Å²) in [7, 11) is 1.07. The normalized spacial score (nSPS) is 10.4. The number of methoxy groups -OCH3 is 1. The number of aliphatic hydroxyl groups excluding tert-OH is 1. The Hall–Kier alpha value is -6.64. The SMILES string of the molecule is C.CC.CC(=O)Oc1cc(C(F)(F)F)ccc1C(=O)NCCCO.CC(=O)Oc1cc(C(F)(F)F)ccc1C(=O)O.CC/C=C\CC(=O)Cl.CC/C=C\CC(=O)OCCCNC(=O)c1ccc(C(F)(F)F)cc1OC(C)=O.COC(=O)c1ccc(C(F)(F)F)cc1OC(C)=O.N#N.[K][K]. The van der Waals surface area contributed by atoms with Crippen molar-refractivity contribution in [1.82, 2.24) is 10.6 Å².